The number of hydrogen-bond donors (Lipinski definition) is 4. The maximum absolute atomic E-state index is 13.1. The number of nitrogens with one attached hydrogen (secondary N) is 3. The molecule has 2 aromatic carbocycles. The van der Waals surface area contributed by atoms with Crippen LogP contribution in [0.15, 0.2) is 82.9 Å². The number of pyridine rings is 1. The molecule has 1 aromatic heterocycles. The van der Waals surface area contributed by atoms with Crippen LogP contribution in [0.5, 0.6) is 0 Å². The lowest BCUT2D eigenvalue weighted by molar-refractivity contribution is -0.137. The van der Waals surface area contributed by atoms with Gasteiger partial charge in [-0.3, -0.25) is 19.6 Å². The minimum atomic E-state index is -1.61. The Balaban J connectivity index is 1.39. The van der Waals surface area contributed by atoms with Crippen LogP contribution >= 0.6 is 0 Å². The Morgan fingerprint density at radius 2 is 1.83 bits per heavy atom. The van der Waals surface area contributed by atoms with Gasteiger partial charge >= 0.3 is 5.97 Å². The molecule has 10 heteroatoms. The molecule has 2 heterocycles. The van der Waals surface area contributed by atoms with E-state index >= 15 is 0 Å². The van der Waals surface area contributed by atoms with Crippen molar-refractivity contribution in [3.63, 3.8) is 0 Å². The van der Waals surface area contributed by atoms with E-state index in [9.17, 15) is 19.2 Å². The van der Waals surface area contributed by atoms with E-state index in [1.807, 2.05) is 0 Å². The van der Waals surface area contributed by atoms with Crippen LogP contribution in [0.3, 0.4) is 0 Å². The Hall–Kier alpha value is -3.89. The molecule has 0 spiro atoms. The fraction of sp³-hybridized carbons (Fsp3) is 0.200. The van der Waals surface area contributed by atoms with Crippen LogP contribution in [0.1, 0.15) is 34.0 Å². The molecule has 2 unspecified atom stereocenters. The van der Waals surface area contributed by atoms with Crippen molar-refractivity contribution in [1.29, 1.82) is 0 Å². The highest BCUT2D eigenvalue weighted by atomic mass is 32.2. The summed E-state index contributed by atoms with van der Waals surface area (Å²) in [6, 6.07) is 17.0. The van der Waals surface area contributed by atoms with Gasteiger partial charge in [0, 0.05) is 48.0 Å². The van der Waals surface area contributed by atoms with Crippen molar-refractivity contribution in [1.82, 2.24) is 10.3 Å². The molecule has 1 aliphatic heterocycles. The summed E-state index contributed by atoms with van der Waals surface area (Å²) in [4.78, 5) is 32.8. The van der Waals surface area contributed by atoms with Gasteiger partial charge in [0.2, 0.25) is 0 Å². The number of aliphatic carboxylic acids is 1. The van der Waals surface area contributed by atoms with E-state index in [0.29, 0.717) is 21.7 Å². The van der Waals surface area contributed by atoms with Gasteiger partial charge in [0.25, 0.3) is 5.91 Å². The summed E-state index contributed by atoms with van der Waals surface area (Å²) in [7, 11) is 0. The zero-order valence-corrected chi connectivity index (χ0v) is 19.6. The summed E-state index contributed by atoms with van der Waals surface area (Å²) in [5, 5.41) is 17.7. The lowest BCUT2D eigenvalue weighted by atomic mass is 10.1. The molecule has 4 rings (SSSR count). The first-order valence-corrected chi connectivity index (χ1v) is 12.3. The summed E-state index contributed by atoms with van der Waals surface area (Å²) in [5.41, 5.74) is 2.44. The molecule has 4 N–H and O–H groups in total. The molecule has 0 bridgehead atoms. The van der Waals surface area contributed by atoms with E-state index in [-0.39, 0.29) is 12.3 Å². The lowest BCUT2D eigenvalue weighted by Gasteiger charge is -2.20. The fourth-order valence-corrected chi connectivity index (χ4v) is 4.95. The predicted octanol–water partition coefficient (Wildman–Crippen LogP) is 3.42. The normalized spacial score (nSPS) is 14.7. The van der Waals surface area contributed by atoms with Crippen molar-refractivity contribution in [2.45, 2.75) is 23.0 Å². The molecule has 9 nitrogen and oxygen atoms in total. The molecular weight excluding hydrogens is 466 g/mol. The average molecular weight is 492 g/mol. The van der Waals surface area contributed by atoms with Crippen molar-refractivity contribution >= 4 is 40.4 Å². The van der Waals surface area contributed by atoms with Crippen LogP contribution in [-0.4, -0.2) is 45.6 Å². The standard InChI is InChI=1S/C25H25N5O4S/c31-23(32)15-22(18-3-1-12-26-16-18)35(34)21-10-8-19(9-11-21)29-24(33)17-4-6-20(7-5-17)30-25-27-13-2-14-28-25/h1,3-12,16,22H,2,13-15H2,(H,29,33)(H,31,32)(H2,27,28,30). The topological polar surface area (TPSA) is 139 Å². The third kappa shape index (κ3) is 6.58. The van der Waals surface area contributed by atoms with Crippen molar-refractivity contribution in [3.8, 4) is 0 Å². The van der Waals surface area contributed by atoms with Crippen LogP contribution in [0.4, 0.5) is 11.4 Å². The number of carboxylic acid groups (broad SMARTS) is 1. The number of rotatable bonds is 8. The quantitative estimate of drug-likeness (QED) is 0.354. The van der Waals surface area contributed by atoms with Crippen LogP contribution in [0.25, 0.3) is 0 Å². The second-order valence-electron chi connectivity index (χ2n) is 7.86. The van der Waals surface area contributed by atoms with Crippen LogP contribution in [0, 0.1) is 0 Å². The zero-order chi connectivity index (χ0) is 24.6. The number of anilines is 2. The highest BCUT2D eigenvalue weighted by Crippen LogP contribution is 2.32. The van der Waals surface area contributed by atoms with Crippen LogP contribution < -0.4 is 16.0 Å². The van der Waals surface area contributed by atoms with Gasteiger partial charge in [-0.2, -0.15) is 0 Å². The summed E-state index contributed by atoms with van der Waals surface area (Å²) < 4.78 is 13.1. The van der Waals surface area contributed by atoms with Crippen molar-refractivity contribution in [2.75, 3.05) is 23.7 Å². The van der Waals surface area contributed by atoms with E-state index < -0.39 is 22.4 Å². The number of carbonyl (C=O) groups is 2. The molecule has 3 aromatic rings. The molecule has 0 aliphatic carbocycles. The number of nitrogens with zero attached hydrogens (tertiary/aromatic N) is 2. The molecule has 1 amide bonds. The number of aliphatic imine (C=N–C) groups is 1. The first kappa shape index (κ1) is 24.2. The smallest absolute Gasteiger partial charge is 0.308 e. The van der Waals surface area contributed by atoms with Gasteiger partial charge in [-0.15, -0.1) is 0 Å². The Kier molecular flexibility index (Phi) is 7.96. The molecule has 1 aliphatic rings. The predicted molar refractivity (Wildman–Crippen MR) is 135 cm³/mol. The molecule has 2 atom stereocenters. The van der Waals surface area contributed by atoms with Crippen molar-refractivity contribution in [3.05, 3.63) is 84.2 Å². The maximum atomic E-state index is 13.1. The van der Waals surface area contributed by atoms with E-state index in [0.717, 1.165) is 31.2 Å². The molecule has 0 radical (unpaired) electrons. The first-order chi connectivity index (χ1) is 17.0. The fourth-order valence-electron chi connectivity index (χ4n) is 3.54. The van der Waals surface area contributed by atoms with E-state index in [1.165, 1.54) is 6.20 Å². The summed E-state index contributed by atoms with van der Waals surface area (Å²) in [6.07, 6.45) is 3.83. The Bertz CT molecular complexity index is 1190. The Morgan fingerprint density at radius 3 is 2.46 bits per heavy atom. The SMILES string of the molecule is O=C(O)CC(c1cccnc1)[S+]([O-])c1ccc(NC(=O)c2ccc(NC3=NCCCN3)cc2)cc1. The minimum absolute atomic E-state index is 0.280. The zero-order valence-electron chi connectivity index (χ0n) is 18.8. The highest BCUT2D eigenvalue weighted by Gasteiger charge is 2.29. The molecule has 0 fully saturated rings. The van der Waals surface area contributed by atoms with E-state index in [4.69, 9.17) is 0 Å². The number of aromatic nitrogens is 1. The van der Waals surface area contributed by atoms with E-state index in [1.54, 1.807) is 66.9 Å². The molecule has 0 saturated heterocycles. The minimum Gasteiger partial charge on any atom is -0.611 e. The average Bonchev–Trinajstić information content (AvgIpc) is 2.89. The molecule has 180 valence electrons. The number of carboxylic acids is 1. The van der Waals surface area contributed by atoms with E-state index in [2.05, 4.69) is 25.9 Å². The molecular formula is C25H25N5O4S. The second kappa shape index (κ2) is 11.5. The summed E-state index contributed by atoms with van der Waals surface area (Å²) in [6.45, 7) is 1.66. The number of guanidine groups is 1. The highest BCUT2D eigenvalue weighted by molar-refractivity contribution is 7.91. The summed E-state index contributed by atoms with van der Waals surface area (Å²) >= 11 is -1.61. The van der Waals surface area contributed by atoms with Gasteiger partial charge in [0.05, 0.1) is 6.42 Å². The number of benzene rings is 2. The Morgan fingerprint density at radius 1 is 1.09 bits per heavy atom. The van der Waals surface area contributed by atoms with Gasteiger partial charge < -0.3 is 25.6 Å². The first-order valence-electron chi connectivity index (χ1n) is 11.1. The van der Waals surface area contributed by atoms with Crippen molar-refractivity contribution < 1.29 is 19.2 Å². The third-order valence-corrected chi connectivity index (χ3v) is 7.02. The Labute approximate surface area is 205 Å². The molecule has 35 heavy (non-hydrogen) atoms. The van der Waals surface area contributed by atoms with Crippen LogP contribution in [-0.2, 0) is 16.0 Å². The third-order valence-electron chi connectivity index (χ3n) is 5.33. The monoisotopic (exact) mass is 491 g/mol. The number of amides is 1. The number of hydrogen-bond acceptors (Lipinski definition) is 7. The van der Waals surface area contributed by atoms with Gasteiger partial charge in [0.1, 0.15) is 0 Å². The van der Waals surface area contributed by atoms with Gasteiger partial charge in [0.15, 0.2) is 16.1 Å². The second-order valence-corrected chi connectivity index (χ2v) is 9.50. The number of carbonyl (C=O) groups excluding carboxylic acids is 1. The van der Waals surface area contributed by atoms with Gasteiger partial charge in [-0.25, -0.2) is 0 Å². The van der Waals surface area contributed by atoms with Crippen molar-refractivity contribution in [2.24, 2.45) is 4.99 Å². The maximum Gasteiger partial charge on any atom is 0.308 e. The largest absolute Gasteiger partial charge is 0.611 e. The lowest BCUT2D eigenvalue weighted by Crippen LogP contribution is -2.35. The summed E-state index contributed by atoms with van der Waals surface area (Å²) in [5.74, 6) is -0.599. The van der Waals surface area contributed by atoms with Gasteiger partial charge in [-0.1, -0.05) is 6.07 Å². The van der Waals surface area contributed by atoms with Gasteiger partial charge in [-0.05, 0) is 72.2 Å². The molecule has 0 saturated carbocycles. The van der Waals surface area contributed by atoms with Crippen LogP contribution in [0.2, 0.25) is 0 Å².